The van der Waals surface area contributed by atoms with Gasteiger partial charge in [0.2, 0.25) is 0 Å². The lowest BCUT2D eigenvalue weighted by Crippen LogP contribution is -2.54. The Labute approximate surface area is 113 Å². The van der Waals surface area contributed by atoms with Crippen molar-refractivity contribution >= 4 is 0 Å². The van der Waals surface area contributed by atoms with E-state index in [1.165, 1.54) is 71.0 Å². The van der Waals surface area contributed by atoms with E-state index in [2.05, 4.69) is 17.1 Å². The SMILES string of the molecule is CCCC1CC1N1CCNC(C2CCCCC2)C1. The molecular weight excluding hydrogens is 220 g/mol. The van der Waals surface area contributed by atoms with Crippen LogP contribution in [0.15, 0.2) is 0 Å². The lowest BCUT2D eigenvalue weighted by molar-refractivity contribution is 0.135. The van der Waals surface area contributed by atoms with E-state index >= 15 is 0 Å². The third-order valence-electron chi connectivity index (χ3n) is 5.47. The maximum Gasteiger partial charge on any atom is 0.0223 e. The zero-order chi connectivity index (χ0) is 12.4. The molecule has 3 unspecified atom stereocenters. The highest BCUT2D eigenvalue weighted by Gasteiger charge is 2.42. The van der Waals surface area contributed by atoms with Crippen LogP contribution in [-0.2, 0) is 0 Å². The van der Waals surface area contributed by atoms with Crippen LogP contribution in [0.25, 0.3) is 0 Å². The molecule has 0 aromatic carbocycles. The predicted molar refractivity (Wildman–Crippen MR) is 76.7 cm³/mol. The lowest BCUT2D eigenvalue weighted by atomic mass is 9.83. The molecule has 3 rings (SSSR count). The summed E-state index contributed by atoms with van der Waals surface area (Å²) in [6.07, 6.45) is 11.7. The largest absolute Gasteiger partial charge is 0.311 e. The topological polar surface area (TPSA) is 15.3 Å². The fourth-order valence-corrected chi connectivity index (χ4v) is 4.32. The summed E-state index contributed by atoms with van der Waals surface area (Å²) in [4.78, 5) is 2.82. The number of piperazine rings is 1. The van der Waals surface area contributed by atoms with E-state index in [-0.39, 0.29) is 0 Å². The molecule has 0 spiro atoms. The van der Waals surface area contributed by atoms with Gasteiger partial charge in [-0.1, -0.05) is 32.6 Å². The summed E-state index contributed by atoms with van der Waals surface area (Å²) in [5.74, 6) is 2.02. The molecule has 3 atom stereocenters. The summed E-state index contributed by atoms with van der Waals surface area (Å²) in [6.45, 7) is 6.21. The van der Waals surface area contributed by atoms with Crippen LogP contribution in [0.4, 0.5) is 0 Å². The molecule has 3 aliphatic rings. The summed E-state index contributed by atoms with van der Waals surface area (Å²) < 4.78 is 0. The number of nitrogens with zero attached hydrogens (tertiary/aromatic N) is 1. The minimum Gasteiger partial charge on any atom is -0.311 e. The Hall–Kier alpha value is -0.0800. The molecule has 0 bridgehead atoms. The van der Waals surface area contributed by atoms with Crippen molar-refractivity contribution in [3.63, 3.8) is 0 Å². The Kier molecular flexibility index (Phi) is 4.25. The average Bonchev–Trinajstić information content (AvgIpc) is 3.20. The molecule has 2 nitrogen and oxygen atoms in total. The van der Waals surface area contributed by atoms with Gasteiger partial charge in [0, 0.05) is 31.7 Å². The van der Waals surface area contributed by atoms with Crippen LogP contribution >= 0.6 is 0 Å². The molecule has 0 aromatic rings. The Balaban J connectivity index is 1.49. The molecule has 1 aliphatic heterocycles. The number of hydrogen-bond donors (Lipinski definition) is 1. The smallest absolute Gasteiger partial charge is 0.0223 e. The second-order valence-corrected chi connectivity index (χ2v) is 6.81. The minimum absolute atomic E-state index is 0.807. The molecule has 0 amide bonds. The van der Waals surface area contributed by atoms with Crippen molar-refractivity contribution in [2.75, 3.05) is 19.6 Å². The van der Waals surface area contributed by atoms with E-state index in [9.17, 15) is 0 Å². The maximum atomic E-state index is 3.81. The van der Waals surface area contributed by atoms with Crippen molar-refractivity contribution in [2.24, 2.45) is 11.8 Å². The van der Waals surface area contributed by atoms with Crippen molar-refractivity contribution in [3.05, 3.63) is 0 Å². The van der Waals surface area contributed by atoms with Gasteiger partial charge in [-0.3, -0.25) is 4.90 Å². The van der Waals surface area contributed by atoms with Gasteiger partial charge in [0.15, 0.2) is 0 Å². The first kappa shape index (κ1) is 12.9. The first-order valence-electron chi connectivity index (χ1n) is 8.36. The van der Waals surface area contributed by atoms with E-state index < -0.39 is 0 Å². The van der Waals surface area contributed by atoms with E-state index in [4.69, 9.17) is 0 Å². The first-order chi connectivity index (χ1) is 8.88. The predicted octanol–water partition coefficient (Wildman–Crippen LogP) is 3.03. The van der Waals surface area contributed by atoms with Crippen molar-refractivity contribution in [3.8, 4) is 0 Å². The van der Waals surface area contributed by atoms with Gasteiger partial charge in [-0.2, -0.15) is 0 Å². The Bertz CT molecular complexity index is 260. The van der Waals surface area contributed by atoms with Gasteiger partial charge in [0.1, 0.15) is 0 Å². The summed E-state index contributed by atoms with van der Waals surface area (Å²) in [5.41, 5.74) is 0. The molecule has 0 aromatic heterocycles. The number of rotatable bonds is 4. The fourth-order valence-electron chi connectivity index (χ4n) is 4.32. The van der Waals surface area contributed by atoms with Crippen molar-refractivity contribution in [1.82, 2.24) is 10.2 Å². The summed E-state index contributed by atoms with van der Waals surface area (Å²) in [5, 5.41) is 3.81. The number of nitrogens with one attached hydrogen (secondary N) is 1. The number of hydrogen-bond acceptors (Lipinski definition) is 2. The van der Waals surface area contributed by atoms with Gasteiger partial charge < -0.3 is 5.32 Å². The standard InChI is InChI=1S/C16H30N2/c1-2-6-14-11-16(14)18-10-9-17-15(12-18)13-7-4-3-5-8-13/h13-17H,2-12H2,1H3. The highest BCUT2D eigenvalue weighted by molar-refractivity contribution is 4.98. The molecule has 104 valence electrons. The first-order valence-corrected chi connectivity index (χ1v) is 8.36. The van der Waals surface area contributed by atoms with Crippen LogP contribution in [0.5, 0.6) is 0 Å². The molecule has 2 saturated carbocycles. The molecule has 2 aliphatic carbocycles. The monoisotopic (exact) mass is 250 g/mol. The third-order valence-corrected chi connectivity index (χ3v) is 5.47. The molecule has 1 N–H and O–H groups in total. The Morgan fingerprint density at radius 2 is 2.00 bits per heavy atom. The highest BCUT2D eigenvalue weighted by Crippen LogP contribution is 2.40. The summed E-state index contributed by atoms with van der Waals surface area (Å²) >= 11 is 0. The summed E-state index contributed by atoms with van der Waals surface area (Å²) in [6, 6.07) is 1.76. The van der Waals surface area contributed by atoms with Crippen LogP contribution in [0.3, 0.4) is 0 Å². The van der Waals surface area contributed by atoms with Gasteiger partial charge in [0.25, 0.3) is 0 Å². The molecule has 0 radical (unpaired) electrons. The van der Waals surface area contributed by atoms with Crippen molar-refractivity contribution < 1.29 is 0 Å². The van der Waals surface area contributed by atoms with Crippen LogP contribution < -0.4 is 5.32 Å². The van der Waals surface area contributed by atoms with Crippen molar-refractivity contribution in [1.29, 1.82) is 0 Å². The van der Waals surface area contributed by atoms with Crippen molar-refractivity contribution in [2.45, 2.75) is 70.4 Å². The second-order valence-electron chi connectivity index (χ2n) is 6.81. The second kappa shape index (κ2) is 5.92. The summed E-state index contributed by atoms with van der Waals surface area (Å²) in [7, 11) is 0. The van der Waals surface area contributed by atoms with E-state index in [1.807, 2.05) is 0 Å². The van der Waals surface area contributed by atoms with Gasteiger partial charge >= 0.3 is 0 Å². The van der Waals surface area contributed by atoms with E-state index in [0.717, 1.165) is 23.9 Å². The molecular formula is C16H30N2. The highest BCUT2D eigenvalue weighted by atomic mass is 15.2. The van der Waals surface area contributed by atoms with Gasteiger partial charge in [-0.15, -0.1) is 0 Å². The molecule has 2 heteroatoms. The molecule has 3 fully saturated rings. The maximum absolute atomic E-state index is 3.81. The average molecular weight is 250 g/mol. The third kappa shape index (κ3) is 2.91. The van der Waals surface area contributed by atoms with Crippen LogP contribution in [0, 0.1) is 11.8 Å². The fraction of sp³-hybridized carbons (Fsp3) is 1.00. The quantitative estimate of drug-likeness (QED) is 0.825. The lowest BCUT2D eigenvalue weighted by Gasteiger charge is -2.39. The van der Waals surface area contributed by atoms with Crippen LogP contribution in [-0.4, -0.2) is 36.6 Å². The normalized spacial score (nSPS) is 38.8. The van der Waals surface area contributed by atoms with Crippen LogP contribution in [0.1, 0.15) is 58.3 Å². The van der Waals surface area contributed by atoms with E-state index in [1.54, 1.807) is 0 Å². The van der Waals surface area contributed by atoms with Crippen LogP contribution in [0.2, 0.25) is 0 Å². The zero-order valence-corrected chi connectivity index (χ0v) is 12.0. The van der Waals surface area contributed by atoms with Gasteiger partial charge in [-0.05, 0) is 37.5 Å². The van der Waals surface area contributed by atoms with Gasteiger partial charge in [-0.25, -0.2) is 0 Å². The molecule has 1 heterocycles. The molecule has 1 saturated heterocycles. The Morgan fingerprint density at radius 3 is 2.78 bits per heavy atom. The molecule has 18 heavy (non-hydrogen) atoms. The minimum atomic E-state index is 0.807. The van der Waals surface area contributed by atoms with Gasteiger partial charge in [0.05, 0.1) is 0 Å². The Morgan fingerprint density at radius 1 is 1.17 bits per heavy atom. The van der Waals surface area contributed by atoms with E-state index in [0.29, 0.717) is 0 Å². The zero-order valence-electron chi connectivity index (χ0n) is 12.0.